The van der Waals surface area contributed by atoms with Crippen molar-refractivity contribution in [2.24, 2.45) is 11.8 Å². The SMILES string of the molecule is O=S1(=O)CCS(=O)(=O)C12[C@@H]1C=C[C@@H](C1)[C@@H]2c1ccccc1. The number of fused-ring (bicyclic) bond motifs is 3. The van der Waals surface area contributed by atoms with Crippen LogP contribution in [0.15, 0.2) is 42.5 Å². The zero-order valence-corrected chi connectivity index (χ0v) is 13.0. The molecule has 112 valence electrons. The van der Waals surface area contributed by atoms with Gasteiger partial charge in [-0.1, -0.05) is 42.5 Å². The predicted molar refractivity (Wildman–Crippen MR) is 80.2 cm³/mol. The Morgan fingerprint density at radius 3 is 2.14 bits per heavy atom. The van der Waals surface area contributed by atoms with Gasteiger partial charge >= 0.3 is 0 Å². The molecular formula is C15H16O4S2. The average Bonchev–Trinajstić information content (AvgIpc) is 3.09. The highest BCUT2D eigenvalue weighted by atomic mass is 32.3. The summed E-state index contributed by atoms with van der Waals surface area (Å²) in [5, 5.41) is 0. The normalized spacial score (nSPS) is 37.2. The van der Waals surface area contributed by atoms with E-state index < -0.39 is 35.6 Å². The number of rotatable bonds is 1. The van der Waals surface area contributed by atoms with Gasteiger partial charge < -0.3 is 0 Å². The van der Waals surface area contributed by atoms with Gasteiger partial charge in [-0.05, 0) is 17.9 Å². The topological polar surface area (TPSA) is 68.3 Å². The smallest absolute Gasteiger partial charge is 0.186 e. The van der Waals surface area contributed by atoms with Crippen LogP contribution >= 0.6 is 0 Å². The molecule has 0 unspecified atom stereocenters. The van der Waals surface area contributed by atoms with Crippen molar-refractivity contribution in [1.82, 2.24) is 0 Å². The minimum absolute atomic E-state index is 0.0000463. The van der Waals surface area contributed by atoms with Gasteiger partial charge in [0.25, 0.3) is 0 Å². The number of hydrogen-bond acceptors (Lipinski definition) is 4. The maximum Gasteiger partial charge on any atom is 0.186 e. The maximum atomic E-state index is 12.8. The third kappa shape index (κ3) is 1.45. The van der Waals surface area contributed by atoms with E-state index in [9.17, 15) is 16.8 Å². The van der Waals surface area contributed by atoms with Crippen LogP contribution in [0.2, 0.25) is 0 Å². The number of hydrogen-bond donors (Lipinski definition) is 0. The number of allylic oxidation sites excluding steroid dienone is 2. The van der Waals surface area contributed by atoms with Crippen molar-refractivity contribution in [2.75, 3.05) is 11.5 Å². The van der Waals surface area contributed by atoms with E-state index in [0.717, 1.165) is 5.56 Å². The summed E-state index contributed by atoms with van der Waals surface area (Å²) >= 11 is 0. The molecule has 6 heteroatoms. The second-order valence-electron chi connectivity index (χ2n) is 6.14. The first-order valence-corrected chi connectivity index (χ1v) is 10.4. The molecule has 2 fully saturated rings. The van der Waals surface area contributed by atoms with Crippen LogP contribution in [0.3, 0.4) is 0 Å². The van der Waals surface area contributed by atoms with Gasteiger partial charge in [-0.25, -0.2) is 16.8 Å². The molecule has 3 aliphatic rings. The van der Waals surface area contributed by atoms with Crippen LogP contribution in [0.25, 0.3) is 0 Å². The molecule has 2 bridgehead atoms. The van der Waals surface area contributed by atoms with E-state index in [2.05, 4.69) is 0 Å². The average molecular weight is 324 g/mol. The summed E-state index contributed by atoms with van der Waals surface area (Å²) in [6, 6.07) is 9.24. The molecule has 4 rings (SSSR count). The van der Waals surface area contributed by atoms with E-state index in [4.69, 9.17) is 0 Å². The van der Waals surface area contributed by atoms with Crippen LogP contribution in [-0.4, -0.2) is 32.4 Å². The Kier molecular flexibility index (Phi) is 2.56. The summed E-state index contributed by atoms with van der Waals surface area (Å²) < 4.78 is 49.4. The molecular weight excluding hydrogens is 308 g/mol. The lowest BCUT2D eigenvalue weighted by molar-refractivity contribution is 0.485. The highest BCUT2D eigenvalue weighted by molar-refractivity contribution is 8.13. The van der Waals surface area contributed by atoms with E-state index in [1.807, 2.05) is 42.5 Å². The summed E-state index contributed by atoms with van der Waals surface area (Å²) in [6.45, 7) is 0. The van der Waals surface area contributed by atoms with Crippen LogP contribution in [0.4, 0.5) is 0 Å². The van der Waals surface area contributed by atoms with E-state index in [-0.39, 0.29) is 17.4 Å². The lowest BCUT2D eigenvalue weighted by Crippen LogP contribution is -2.49. The standard InChI is InChI=1S/C15H16O4S2/c16-20(17)8-9-21(18,19)15(20)13-7-6-12(10-13)14(15)11-4-2-1-3-5-11/h1-7,12-14H,8-10H2/t12-,13+,14-/m0/s1. The first-order valence-electron chi connectivity index (χ1n) is 7.08. The molecule has 1 aliphatic heterocycles. The van der Waals surface area contributed by atoms with Crippen LogP contribution in [0, 0.1) is 11.8 Å². The third-order valence-corrected chi connectivity index (χ3v) is 11.6. The fourth-order valence-corrected chi connectivity index (χ4v) is 11.6. The molecule has 1 aromatic rings. The monoisotopic (exact) mass is 324 g/mol. The van der Waals surface area contributed by atoms with Crippen molar-refractivity contribution in [1.29, 1.82) is 0 Å². The van der Waals surface area contributed by atoms with Gasteiger partial charge in [0, 0.05) is 11.8 Å². The fraction of sp³-hybridized carbons (Fsp3) is 0.467. The summed E-state index contributed by atoms with van der Waals surface area (Å²) in [4.78, 5) is 0. The van der Waals surface area contributed by atoms with Gasteiger partial charge in [-0.2, -0.15) is 0 Å². The molecule has 1 saturated heterocycles. The highest BCUT2D eigenvalue weighted by Crippen LogP contribution is 2.63. The van der Waals surface area contributed by atoms with E-state index in [0.29, 0.717) is 6.42 Å². The molecule has 0 amide bonds. The lowest BCUT2D eigenvalue weighted by atomic mass is 9.86. The molecule has 0 radical (unpaired) electrons. The molecule has 1 heterocycles. The first-order chi connectivity index (χ1) is 9.90. The number of sulfone groups is 2. The van der Waals surface area contributed by atoms with Crippen molar-refractivity contribution >= 4 is 19.7 Å². The Labute approximate surface area is 124 Å². The zero-order chi connectivity index (χ0) is 14.9. The van der Waals surface area contributed by atoms with Gasteiger partial charge in [0.1, 0.15) is 0 Å². The van der Waals surface area contributed by atoms with Gasteiger partial charge in [-0.15, -0.1) is 0 Å². The molecule has 3 atom stereocenters. The van der Waals surface area contributed by atoms with Crippen LogP contribution in [0.1, 0.15) is 17.9 Å². The van der Waals surface area contributed by atoms with E-state index in [1.165, 1.54) is 0 Å². The predicted octanol–water partition coefficient (Wildman–Crippen LogP) is 1.52. The number of benzene rings is 1. The van der Waals surface area contributed by atoms with Crippen LogP contribution < -0.4 is 0 Å². The Balaban J connectivity index is 2.05. The van der Waals surface area contributed by atoms with Crippen molar-refractivity contribution in [2.45, 2.75) is 16.4 Å². The van der Waals surface area contributed by atoms with Gasteiger partial charge in [-0.3, -0.25) is 0 Å². The Hall–Kier alpha value is -1.14. The molecule has 1 saturated carbocycles. The second-order valence-corrected chi connectivity index (χ2v) is 11.0. The van der Waals surface area contributed by atoms with Crippen molar-refractivity contribution < 1.29 is 16.8 Å². The summed E-state index contributed by atoms with van der Waals surface area (Å²) in [5.41, 5.74) is 0.823. The van der Waals surface area contributed by atoms with Crippen LogP contribution in [-0.2, 0) is 19.7 Å². The summed E-state index contributed by atoms with van der Waals surface area (Å²) in [6.07, 6.45) is 4.43. The fourth-order valence-electron chi connectivity index (χ4n) is 4.52. The maximum absolute atomic E-state index is 12.8. The molecule has 2 aliphatic carbocycles. The van der Waals surface area contributed by atoms with Crippen molar-refractivity contribution in [3.63, 3.8) is 0 Å². The van der Waals surface area contributed by atoms with Crippen molar-refractivity contribution in [3.8, 4) is 0 Å². The first kappa shape index (κ1) is 13.5. The van der Waals surface area contributed by atoms with Gasteiger partial charge in [0.15, 0.2) is 23.8 Å². The molecule has 21 heavy (non-hydrogen) atoms. The van der Waals surface area contributed by atoms with Crippen LogP contribution in [0.5, 0.6) is 0 Å². The highest BCUT2D eigenvalue weighted by Gasteiger charge is 2.73. The molecule has 4 nitrogen and oxygen atoms in total. The third-order valence-electron chi connectivity index (χ3n) is 5.25. The molecule has 0 N–H and O–H groups in total. The minimum atomic E-state index is -3.66. The summed E-state index contributed by atoms with van der Waals surface area (Å²) in [7, 11) is -7.32. The Morgan fingerprint density at radius 2 is 1.52 bits per heavy atom. The van der Waals surface area contributed by atoms with Gasteiger partial charge in [0.05, 0.1) is 11.5 Å². The Morgan fingerprint density at radius 1 is 0.905 bits per heavy atom. The second kappa shape index (κ2) is 3.98. The molecule has 1 aromatic carbocycles. The summed E-state index contributed by atoms with van der Waals surface area (Å²) in [5.74, 6) is -1.35. The van der Waals surface area contributed by atoms with E-state index in [1.54, 1.807) is 0 Å². The Bertz CT molecular complexity index is 788. The quantitative estimate of drug-likeness (QED) is 0.735. The largest absolute Gasteiger partial charge is 0.227 e. The molecule has 1 spiro atoms. The van der Waals surface area contributed by atoms with E-state index >= 15 is 0 Å². The zero-order valence-electron chi connectivity index (χ0n) is 11.3. The minimum Gasteiger partial charge on any atom is -0.227 e. The van der Waals surface area contributed by atoms with Crippen molar-refractivity contribution in [3.05, 3.63) is 48.0 Å². The molecule has 0 aromatic heterocycles. The van der Waals surface area contributed by atoms with Gasteiger partial charge in [0.2, 0.25) is 0 Å². The lowest BCUT2D eigenvalue weighted by Gasteiger charge is -2.36.